The van der Waals surface area contributed by atoms with E-state index in [1.807, 2.05) is 6.08 Å². The minimum absolute atomic E-state index is 0.0919. The van der Waals surface area contributed by atoms with Gasteiger partial charge in [0.25, 0.3) is 5.91 Å². The Morgan fingerprint density at radius 3 is 2.60 bits per heavy atom. The van der Waals surface area contributed by atoms with Crippen LogP contribution in [0.15, 0.2) is 49.1 Å². The molecule has 1 aliphatic carbocycles. The highest BCUT2D eigenvalue weighted by Crippen LogP contribution is 2.15. The first-order chi connectivity index (χ1) is 9.61. The van der Waals surface area contributed by atoms with Crippen LogP contribution in [0.5, 0.6) is 0 Å². The van der Waals surface area contributed by atoms with E-state index in [4.69, 9.17) is 0 Å². The fourth-order valence-electron chi connectivity index (χ4n) is 2.11. The molecule has 2 rings (SSSR count). The van der Waals surface area contributed by atoms with Gasteiger partial charge in [-0.3, -0.25) is 9.59 Å². The number of carbonyl (C=O) groups is 2. The van der Waals surface area contributed by atoms with Gasteiger partial charge in [0.05, 0.1) is 0 Å². The van der Waals surface area contributed by atoms with Gasteiger partial charge in [0, 0.05) is 24.3 Å². The molecule has 1 aliphatic rings. The lowest BCUT2D eigenvalue weighted by molar-refractivity contribution is -0.113. The van der Waals surface area contributed by atoms with E-state index in [0.29, 0.717) is 5.56 Å². The standard InChI is InChI=1S/C16H18N2O2/c1-3-15(19)18(2)14-10-8-12(9-11-14)16(20)17-13-6-4-5-7-13/h3-4,6,8-11,13H,1,5,7H2,2H3,(H,17,20). The van der Waals surface area contributed by atoms with Crippen molar-refractivity contribution < 1.29 is 9.59 Å². The third-order valence-corrected chi connectivity index (χ3v) is 3.35. The molecule has 0 fully saturated rings. The number of nitrogens with one attached hydrogen (secondary N) is 1. The van der Waals surface area contributed by atoms with Crippen LogP contribution in [0.1, 0.15) is 23.2 Å². The molecule has 1 aromatic carbocycles. The molecular formula is C16H18N2O2. The molecule has 4 nitrogen and oxygen atoms in total. The van der Waals surface area contributed by atoms with E-state index in [1.54, 1.807) is 31.3 Å². The molecule has 1 N–H and O–H groups in total. The lowest BCUT2D eigenvalue weighted by atomic mass is 10.1. The summed E-state index contributed by atoms with van der Waals surface area (Å²) in [6.45, 7) is 3.45. The van der Waals surface area contributed by atoms with E-state index in [-0.39, 0.29) is 17.9 Å². The molecule has 0 aliphatic heterocycles. The zero-order valence-electron chi connectivity index (χ0n) is 11.5. The fraction of sp³-hybridized carbons (Fsp3) is 0.250. The van der Waals surface area contributed by atoms with Crippen molar-refractivity contribution >= 4 is 17.5 Å². The van der Waals surface area contributed by atoms with Crippen molar-refractivity contribution in [2.75, 3.05) is 11.9 Å². The highest BCUT2D eigenvalue weighted by molar-refractivity contribution is 6.01. The van der Waals surface area contributed by atoms with Crippen molar-refractivity contribution in [3.05, 3.63) is 54.6 Å². The molecule has 2 amide bonds. The van der Waals surface area contributed by atoms with E-state index in [2.05, 4.69) is 18.0 Å². The second-order valence-corrected chi connectivity index (χ2v) is 4.73. The fourth-order valence-corrected chi connectivity index (χ4v) is 2.11. The summed E-state index contributed by atoms with van der Waals surface area (Å²) in [4.78, 5) is 25.0. The zero-order chi connectivity index (χ0) is 14.5. The molecule has 20 heavy (non-hydrogen) atoms. The van der Waals surface area contributed by atoms with Gasteiger partial charge in [-0.25, -0.2) is 0 Å². The first kappa shape index (κ1) is 14.1. The maximum atomic E-state index is 12.0. The number of carbonyl (C=O) groups excluding carboxylic acids is 2. The van der Waals surface area contributed by atoms with Crippen molar-refractivity contribution in [3.63, 3.8) is 0 Å². The smallest absolute Gasteiger partial charge is 0.251 e. The summed E-state index contributed by atoms with van der Waals surface area (Å²) < 4.78 is 0. The van der Waals surface area contributed by atoms with Gasteiger partial charge in [0.15, 0.2) is 0 Å². The van der Waals surface area contributed by atoms with Gasteiger partial charge in [-0.2, -0.15) is 0 Å². The Kier molecular flexibility index (Phi) is 4.35. The predicted molar refractivity (Wildman–Crippen MR) is 79.7 cm³/mol. The first-order valence-corrected chi connectivity index (χ1v) is 6.59. The lowest BCUT2D eigenvalue weighted by Gasteiger charge is -2.16. The Bertz CT molecular complexity index is 546. The number of rotatable bonds is 4. The van der Waals surface area contributed by atoms with Gasteiger partial charge in [-0.1, -0.05) is 18.7 Å². The van der Waals surface area contributed by atoms with Crippen LogP contribution >= 0.6 is 0 Å². The van der Waals surface area contributed by atoms with Crippen LogP contribution < -0.4 is 10.2 Å². The molecule has 0 heterocycles. The molecule has 0 radical (unpaired) electrons. The Hall–Kier alpha value is -2.36. The summed E-state index contributed by atoms with van der Waals surface area (Å²) in [5, 5.41) is 2.96. The number of anilines is 1. The molecular weight excluding hydrogens is 252 g/mol. The molecule has 1 aromatic rings. The van der Waals surface area contributed by atoms with Crippen molar-refractivity contribution in [2.24, 2.45) is 0 Å². The summed E-state index contributed by atoms with van der Waals surface area (Å²) in [7, 11) is 1.67. The van der Waals surface area contributed by atoms with Crippen molar-refractivity contribution in [2.45, 2.75) is 18.9 Å². The lowest BCUT2D eigenvalue weighted by Crippen LogP contribution is -2.32. The number of hydrogen-bond donors (Lipinski definition) is 1. The molecule has 0 aromatic heterocycles. The van der Waals surface area contributed by atoms with E-state index in [0.717, 1.165) is 18.5 Å². The van der Waals surface area contributed by atoms with Gasteiger partial charge in [0.1, 0.15) is 0 Å². The molecule has 1 unspecified atom stereocenters. The third-order valence-electron chi connectivity index (χ3n) is 3.35. The predicted octanol–water partition coefficient (Wildman–Crippen LogP) is 2.28. The van der Waals surface area contributed by atoms with Crippen molar-refractivity contribution in [3.8, 4) is 0 Å². The van der Waals surface area contributed by atoms with Crippen LogP contribution in [0.2, 0.25) is 0 Å². The van der Waals surface area contributed by atoms with E-state index in [1.165, 1.54) is 11.0 Å². The average molecular weight is 270 g/mol. The molecule has 0 saturated carbocycles. The molecule has 0 saturated heterocycles. The van der Waals surface area contributed by atoms with Crippen LogP contribution in [0, 0.1) is 0 Å². The number of likely N-dealkylation sites (N-methyl/N-ethyl adjacent to an activating group) is 1. The maximum absolute atomic E-state index is 12.0. The highest BCUT2D eigenvalue weighted by atomic mass is 16.2. The van der Waals surface area contributed by atoms with Crippen LogP contribution in [0.4, 0.5) is 5.69 Å². The SMILES string of the molecule is C=CC(=O)N(C)c1ccc(C(=O)NC2C=CCC2)cc1. The van der Waals surface area contributed by atoms with E-state index >= 15 is 0 Å². The molecule has 1 atom stereocenters. The highest BCUT2D eigenvalue weighted by Gasteiger charge is 2.14. The second-order valence-electron chi connectivity index (χ2n) is 4.73. The Morgan fingerprint density at radius 2 is 2.05 bits per heavy atom. The third kappa shape index (κ3) is 3.15. The number of amides is 2. The monoisotopic (exact) mass is 270 g/mol. The average Bonchev–Trinajstić information content (AvgIpc) is 2.98. The van der Waals surface area contributed by atoms with Crippen molar-refractivity contribution in [1.82, 2.24) is 5.32 Å². The van der Waals surface area contributed by atoms with Gasteiger partial charge in [-0.15, -0.1) is 0 Å². The molecule has 4 heteroatoms. The van der Waals surface area contributed by atoms with Gasteiger partial charge in [-0.05, 0) is 43.2 Å². The van der Waals surface area contributed by atoms with Crippen LogP contribution in [-0.2, 0) is 4.79 Å². The first-order valence-electron chi connectivity index (χ1n) is 6.59. The van der Waals surface area contributed by atoms with E-state index in [9.17, 15) is 9.59 Å². The topological polar surface area (TPSA) is 49.4 Å². The van der Waals surface area contributed by atoms with Gasteiger partial charge >= 0.3 is 0 Å². The zero-order valence-corrected chi connectivity index (χ0v) is 11.5. The summed E-state index contributed by atoms with van der Waals surface area (Å²) in [6.07, 6.45) is 7.32. The molecule has 0 bridgehead atoms. The Morgan fingerprint density at radius 1 is 1.35 bits per heavy atom. The van der Waals surface area contributed by atoms with Crippen LogP contribution in [0.3, 0.4) is 0 Å². The van der Waals surface area contributed by atoms with Gasteiger partial charge in [0.2, 0.25) is 5.91 Å². The maximum Gasteiger partial charge on any atom is 0.251 e. The summed E-state index contributed by atoms with van der Waals surface area (Å²) >= 11 is 0. The largest absolute Gasteiger partial charge is 0.346 e. The van der Waals surface area contributed by atoms with Crippen molar-refractivity contribution in [1.29, 1.82) is 0 Å². The molecule has 104 valence electrons. The van der Waals surface area contributed by atoms with Crippen LogP contribution in [0.25, 0.3) is 0 Å². The summed E-state index contributed by atoms with van der Waals surface area (Å²) in [6, 6.07) is 7.07. The second kappa shape index (κ2) is 6.19. The number of allylic oxidation sites excluding steroid dienone is 1. The molecule has 0 spiro atoms. The Labute approximate surface area is 118 Å². The number of nitrogens with zero attached hydrogens (tertiary/aromatic N) is 1. The summed E-state index contributed by atoms with van der Waals surface area (Å²) in [5.74, 6) is -0.274. The normalized spacial score (nSPS) is 16.8. The number of benzene rings is 1. The summed E-state index contributed by atoms with van der Waals surface area (Å²) in [5.41, 5.74) is 1.32. The van der Waals surface area contributed by atoms with Gasteiger partial charge < -0.3 is 10.2 Å². The quantitative estimate of drug-likeness (QED) is 0.674. The minimum Gasteiger partial charge on any atom is -0.346 e. The number of hydrogen-bond acceptors (Lipinski definition) is 2. The minimum atomic E-state index is -0.182. The van der Waals surface area contributed by atoms with E-state index < -0.39 is 0 Å². The van der Waals surface area contributed by atoms with Crippen LogP contribution in [-0.4, -0.2) is 24.9 Å². The Balaban J connectivity index is 2.03.